The topological polar surface area (TPSA) is 41.9 Å². The number of methoxy groups -OCH3 is 1. The van der Waals surface area contributed by atoms with Crippen LogP contribution in [0.2, 0.25) is 0 Å². The quantitative estimate of drug-likeness (QED) is 0.720. The standard InChI is InChI=1S/C21H27NO3/c1-24-20-11-9-18(10-12-20)14-22(13-17-7-8-17)15-19(23)16-25-21-5-3-2-4-6-21/h2-6,9-12,17,19,23H,7-8,13-16H2,1H3/t19-/m0/s1. The molecule has 1 fully saturated rings. The van der Waals surface area contributed by atoms with Gasteiger partial charge in [-0.1, -0.05) is 30.3 Å². The molecule has 1 atom stereocenters. The van der Waals surface area contributed by atoms with E-state index in [0.717, 1.165) is 30.5 Å². The summed E-state index contributed by atoms with van der Waals surface area (Å²) < 4.78 is 10.9. The number of hydrogen-bond donors (Lipinski definition) is 1. The first-order chi connectivity index (χ1) is 12.2. The zero-order chi connectivity index (χ0) is 17.5. The molecule has 0 aliphatic heterocycles. The highest BCUT2D eigenvalue weighted by Crippen LogP contribution is 2.30. The summed E-state index contributed by atoms with van der Waals surface area (Å²) in [4.78, 5) is 2.33. The predicted molar refractivity (Wildman–Crippen MR) is 98.9 cm³/mol. The average Bonchev–Trinajstić information content (AvgIpc) is 3.45. The van der Waals surface area contributed by atoms with Crippen LogP contribution in [0.5, 0.6) is 11.5 Å². The maximum atomic E-state index is 10.4. The first-order valence-electron chi connectivity index (χ1n) is 8.94. The van der Waals surface area contributed by atoms with E-state index in [9.17, 15) is 5.11 Å². The fraction of sp³-hybridized carbons (Fsp3) is 0.429. The largest absolute Gasteiger partial charge is 0.497 e. The van der Waals surface area contributed by atoms with Crippen molar-refractivity contribution in [3.05, 3.63) is 60.2 Å². The number of para-hydroxylation sites is 1. The number of ether oxygens (including phenoxy) is 2. The van der Waals surface area contributed by atoms with Crippen molar-refractivity contribution in [2.75, 3.05) is 26.8 Å². The summed E-state index contributed by atoms with van der Waals surface area (Å²) in [6.45, 7) is 2.81. The number of nitrogens with zero attached hydrogens (tertiary/aromatic N) is 1. The van der Waals surface area contributed by atoms with Gasteiger partial charge in [0.1, 0.15) is 24.2 Å². The predicted octanol–water partition coefficient (Wildman–Crippen LogP) is 3.35. The summed E-state index contributed by atoms with van der Waals surface area (Å²) in [5.41, 5.74) is 1.23. The summed E-state index contributed by atoms with van der Waals surface area (Å²) in [5.74, 6) is 2.44. The molecule has 0 amide bonds. The summed E-state index contributed by atoms with van der Waals surface area (Å²) in [5, 5.41) is 10.4. The van der Waals surface area contributed by atoms with Crippen molar-refractivity contribution in [2.24, 2.45) is 5.92 Å². The van der Waals surface area contributed by atoms with Gasteiger partial charge in [-0.25, -0.2) is 0 Å². The van der Waals surface area contributed by atoms with Crippen LogP contribution in [0.25, 0.3) is 0 Å². The van der Waals surface area contributed by atoms with Gasteiger partial charge in [0.05, 0.1) is 7.11 Å². The zero-order valence-electron chi connectivity index (χ0n) is 14.8. The van der Waals surface area contributed by atoms with Crippen LogP contribution in [0, 0.1) is 5.92 Å². The van der Waals surface area contributed by atoms with Gasteiger partial charge in [0, 0.05) is 19.6 Å². The highest BCUT2D eigenvalue weighted by Gasteiger charge is 2.25. The second kappa shape index (κ2) is 8.88. The maximum Gasteiger partial charge on any atom is 0.119 e. The van der Waals surface area contributed by atoms with Gasteiger partial charge >= 0.3 is 0 Å². The van der Waals surface area contributed by atoms with Crippen LogP contribution >= 0.6 is 0 Å². The van der Waals surface area contributed by atoms with Crippen LogP contribution in [-0.4, -0.2) is 42.9 Å². The molecule has 3 rings (SSSR count). The Morgan fingerprint density at radius 1 is 1.04 bits per heavy atom. The van der Waals surface area contributed by atoms with Crippen LogP contribution in [0.1, 0.15) is 18.4 Å². The second-order valence-electron chi connectivity index (χ2n) is 6.76. The monoisotopic (exact) mass is 341 g/mol. The van der Waals surface area contributed by atoms with Crippen molar-refractivity contribution >= 4 is 0 Å². The Morgan fingerprint density at radius 2 is 1.76 bits per heavy atom. The Bertz CT molecular complexity index is 625. The molecule has 1 aliphatic rings. The molecule has 25 heavy (non-hydrogen) atoms. The van der Waals surface area contributed by atoms with E-state index >= 15 is 0 Å². The first kappa shape index (κ1) is 17.8. The third kappa shape index (κ3) is 6.07. The van der Waals surface area contributed by atoms with Crippen LogP contribution in [-0.2, 0) is 6.54 Å². The van der Waals surface area contributed by atoms with E-state index in [2.05, 4.69) is 17.0 Å². The molecule has 0 spiro atoms. The lowest BCUT2D eigenvalue weighted by Crippen LogP contribution is -2.36. The molecule has 1 saturated carbocycles. The molecule has 4 nitrogen and oxygen atoms in total. The smallest absolute Gasteiger partial charge is 0.119 e. The molecule has 0 bridgehead atoms. The fourth-order valence-corrected chi connectivity index (χ4v) is 2.92. The van der Waals surface area contributed by atoms with Crippen LogP contribution < -0.4 is 9.47 Å². The number of benzene rings is 2. The number of aliphatic hydroxyl groups excluding tert-OH is 1. The van der Waals surface area contributed by atoms with Gasteiger partial charge in [0.15, 0.2) is 0 Å². The van der Waals surface area contributed by atoms with E-state index in [4.69, 9.17) is 9.47 Å². The minimum atomic E-state index is -0.503. The Morgan fingerprint density at radius 3 is 2.40 bits per heavy atom. The highest BCUT2D eigenvalue weighted by molar-refractivity contribution is 5.27. The van der Waals surface area contributed by atoms with Crippen molar-refractivity contribution in [3.63, 3.8) is 0 Å². The summed E-state index contributed by atoms with van der Waals surface area (Å²) >= 11 is 0. The lowest BCUT2D eigenvalue weighted by molar-refractivity contribution is 0.0639. The van der Waals surface area contributed by atoms with Crippen LogP contribution in [0.15, 0.2) is 54.6 Å². The molecular weight excluding hydrogens is 314 g/mol. The van der Waals surface area contributed by atoms with Gasteiger partial charge in [-0.15, -0.1) is 0 Å². The third-order valence-electron chi connectivity index (χ3n) is 4.43. The normalized spacial score (nSPS) is 15.2. The summed E-state index contributed by atoms with van der Waals surface area (Å²) in [6.07, 6.45) is 2.10. The van der Waals surface area contributed by atoms with Crippen LogP contribution in [0.3, 0.4) is 0 Å². The van der Waals surface area contributed by atoms with Gasteiger partial charge < -0.3 is 14.6 Å². The van der Waals surface area contributed by atoms with E-state index in [-0.39, 0.29) is 0 Å². The maximum absolute atomic E-state index is 10.4. The molecule has 0 heterocycles. The van der Waals surface area contributed by atoms with E-state index < -0.39 is 6.10 Å². The lowest BCUT2D eigenvalue weighted by atomic mass is 10.2. The minimum Gasteiger partial charge on any atom is -0.497 e. The van der Waals surface area contributed by atoms with Crippen molar-refractivity contribution in [1.82, 2.24) is 4.90 Å². The molecule has 0 unspecified atom stereocenters. The molecule has 134 valence electrons. The SMILES string of the molecule is COc1ccc(CN(CC2CC2)C[C@H](O)COc2ccccc2)cc1. The summed E-state index contributed by atoms with van der Waals surface area (Å²) in [7, 11) is 1.68. The Hall–Kier alpha value is -2.04. The van der Waals surface area contributed by atoms with Gasteiger partial charge in [-0.2, -0.15) is 0 Å². The molecule has 0 saturated heterocycles. The van der Waals surface area contributed by atoms with Crippen molar-refractivity contribution in [3.8, 4) is 11.5 Å². The van der Waals surface area contributed by atoms with Crippen molar-refractivity contribution < 1.29 is 14.6 Å². The minimum absolute atomic E-state index is 0.313. The number of rotatable bonds is 10. The van der Waals surface area contributed by atoms with E-state index in [1.807, 2.05) is 42.5 Å². The van der Waals surface area contributed by atoms with Gasteiger partial charge in [-0.3, -0.25) is 4.90 Å². The molecular formula is C21H27NO3. The molecule has 2 aromatic rings. The van der Waals surface area contributed by atoms with Gasteiger partial charge in [0.2, 0.25) is 0 Å². The zero-order valence-corrected chi connectivity index (χ0v) is 14.8. The molecule has 2 aromatic carbocycles. The number of hydrogen-bond acceptors (Lipinski definition) is 4. The molecule has 0 radical (unpaired) electrons. The number of aliphatic hydroxyl groups is 1. The Balaban J connectivity index is 1.52. The van der Waals surface area contributed by atoms with Crippen molar-refractivity contribution in [2.45, 2.75) is 25.5 Å². The first-order valence-corrected chi connectivity index (χ1v) is 8.94. The van der Waals surface area contributed by atoms with Gasteiger partial charge in [-0.05, 0) is 48.6 Å². The molecule has 0 aromatic heterocycles. The lowest BCUT2D eigenvalue weighted by Gasteiger charge is -2.25. The average molecular weight is 341 g/mol. The van der Waals surface area contributed by atoms with Gasteiger partial charge in [0.25, 0.3) is 0 Å². The Kier molecular flexibility index (Phi) is 6.31. The summed E-state index contributed by atoms with van der Waals surface area (Å²) in [6, 6.07) is 17.8. The molecule has 4 heteroatoms. The van der Waals surface area contributed by atoms with Crippen molar-refractivity contribution in [1.29, 1.82) is 0 Å². The fourth-order valence-electron chi connectivity index (χ4n) is 2.92. The third-order valence-corrected chi connectivity index (χ3v) is 4.43. The Labute approximate surface area is 150 Å². The molecule has 1 aliphatic carbocycles. The van der Waals surface area contributed by atoms with E-state index in [0.29, 0.717) is 13.2 Å². The van der Waals surface area contributed by atoms with E-state index in [1.165, 1.54) is 18.4 Å². The highest BCUT2D eigenvalue weighted by atomic mass is 16.5. The van der Waals surface area contributed by atoms with Crippen LogP contribution in [0.4, 0.5) is 0 Å². The van der Waals surface area contributed by atoms with E-state index in [1.54, 1.807) is 7.11 Å². The molecule has 1 N–H and O–H groups in total. The second-order valence-corrected chi connectivity index (χ2v) is 6.76.